The van der Waals surface area contributed by atoms with Gasteiger partial charge in [-0.2, -0.15) is 4.98 Å². The predicted molar refractivity (Wildman–Crippen MR) is 74.7 cm³/mol. The molecule has 0 spiro atoms. The van der Waals surface area contributed by atoms with Crippen molar-refractivity contribution in [2.75, 3.05) is 0 Å². The van der Waals surface area contributed by atoms with Gasteiger partial charge >= 0.3 is 0 Å². The maximum Gasteiger partial charge on any atom is 0.231 e. The Balaban J connectivity index is 1.65. The van der Waals surface area contributed by atoms with Crippen molar-refractivity contribution in [2.24, 2.45) is 0 Å². The van der Waals surface area contributed by atoms with Gasteiger partial charge in [0.25, 0.3) is 0 Å². The van der Waals surface area contributed by atoms with E-state index in [0.717, 1.165) is 22.3 Å². The van der Waals surface area contributed by atoms with Gasteiger partial charge in [0.05, 0.1) is 5.92 Å². The van der Waals surface area contributed by atoms with E-state index in [1.165, 1.54) is 12.8 Å². The molecule has 2 aromatic rings. The minimum absolute atomic E-state index is 0.391. The Morgan fingerprint density at radius 3 is 2.89 bits per heavy atom. The molecule has 1 N–H and O–H groups in total. The smallest absolute Gasteiger partial charge is 0.231 e. The first-order valence-electron chi connectivity index (χ1n) is 6.66. The lowest BCUT2D eigenvalue weighted by molar-refractivity contribution is 0.329. The van der Waals surface area contributed by atoms with E-state index in [1.54, 1.807) is 0 Å². The zero-order chi connectivity index (χ0) is 12.8. The second-order valence-corrected chi connectivity index (χ2v) is 6.18. The molecule has 0 amide bonds. The van der Waals surface area contributed by atoms with Crippen molar-refractivity contribution in [3.63, 3.8) is 0 Å². The van der Waals surface area contributed by atoms with Crippen molar-refractivity contribution >= 4 is 15.9 Å². The van der Waals surface area contributed by atoms with Crippen LogP contribution in [0.3, 0.4) is 0 Å². The van der Waals surface area contributed by atoms with Crippen LogP contribution in [0.25, 0.3) is 11.4 Å². The lowest BCUT2D eigenvalue weighted by atomic mass is 9.89. The molecule has 3 heterocycles. The summed E-state index contributed by atoms with van der Waals surface area (Å²) in [6.07, 6.45) is 3.64. The molecule has 2 fully saturated rings. The molecule has 1 aromatic carbocycles. The molecule has 2 aliphatic heterocycles. The summed E-state index contributed by atoms with van der Waals surface area (Å²) in [7, 11) is 0. The summed E-state index contributed by atoms with van der Waals surface area (Å²) < 4.78 is 6.48. The third kappa shape index (κ3) is 1.92. The van der Waals surface area contributed by atoms with Crippen molar-refractivity contribution in [1.82, 2.24) is 15.5 Å². The summed E-state index contributed by atoms with van der Waals surface area (Å²) in [4.78, 5) is 4.59. The largest absolute Gasteiger partial charge is 0.339 e. The van der Waals surface area contributed by atoms with E-state index in [-0.39, 0.29) is 0 Å². The first kappa shape index (κ1) is 11.6. The van der Waals surface area contributed by atoms with Crippen LogP contribution in [0.4, 0.5) is 0 Å². The maximum absolute atomic E-state index is 5.49. The van der Waals surface area contributed by atoms with E-state index in [0.29, 0.717) is 23.8 Å². The van der Waals surface area contributed by atoms with Crippen LogP contribution in [-0.2, 0) is 0 Å². The van der Waals surface area contributed by atoms with Crippen molar-refractivity contribution in [2.45, 2.75) is 37.3 Å². The minimum Gasteiger partial charge on any atom is -0.339 e. The quantitative estimate of drug-likeness (QED) is 0.924. The number of nitrogens with zero attached hydrogens (tertiary/aromatic N) is 2. The third-order valence-electron chi connectivity index (χ3n) is 4.17. The van der Waals surface area contributed by atoms with Gasteiger partial charge in [0.2, 0.25) is 11.7 Å². The molecular formula is C14H14BrN3O. The van der Waals surface area contributed by atoms with Crippen LogP contribution in [0, 0.1) is 0 Å². The van der Waals surface area contributed by atoms with E-state index >= 15 is 0 Å². The molecule has 98 valence electrons. The summed E-state index contributed by atoms with van der Waals surface area (Å²) in [6.45, 7) is 0. The first-order valence-corrected chi connectivity index (χ1v) is 7.45. The van der Waals surface area contributed by atoms with Crippen LogP contribution in [0.5, 0.6) is 0 Å². The average Bonchev–Trinajstić information content (AvgIpc) is 3.15. The Bertz CT molecular complexity index is 612. The lowest BCUT2D eigenvalue weighted by Crippen LogP contribution is -2.21. The standard InChI is InChI=1S/C14H14BrN3O/c15-11-4-2-1-3-9(11)13-17-14(19-18-13)10-7-8-5-6-12(10)16-8/h1-4,8,10,12,16H,5-7H2. The molecule has 5 heteroatoms. The Morgan fingerprint density at radius 2 is 2.16 bits per heavy atom. The fraction of sp³-hybridized carbons (Fsp3) is 0.429. The van der Waals surface area contributed by atoms with Crippen molar-refractivity contribution in [3.8, 4) is 11.4 Å². The first-order chi connectivity index (χ1) is 9.31. The van der Waals surface area contributed by atoms with Gasteiger partial charge in [-0.3, -0.25) is 0 Å². The van der Waals surface area contributed by atoms with Gasteiger partial charge < -0.3 is 9.84 Å². The highest BCUT2D eigenvalue weighted by atomic mass is 79.9. The summed E-state index contributed by atoms with van der Waals surface area (Å²) in [5, 5.41) is 7.73. The fourth-order valence-corrected chi connectivity index (χ4v) is 3.70. The summed E-state index contributed by atoms with van der Waals surface area (Å²) >= 11 is 3.52. The van der Waals surface area contributed by atoms with Gasteiger partial charge in [0, 0.05) is 22.1 Å². The predicted octanol–water partition coefficient (Wildman–Crippen LogP) is 3.11. The molecule has 2 aliphatic rings. The number of aromatic nitrogens is 2. The van der Waals surface area contributed by atoms with Crippen molar-refractivity contribution in [3.05, 3.63) is 34.6 Å². The molecule has 3 atom stereocenters. The fourth-order valence-electron chi connectivity index (χ4n) is 3.23. The highest BCUT2D eigenvalue weighted by molar-refractivity contribution is 9.10. The molecule has 3 unspecified atom stereocenters. The molecule has 2 bridgehead atoms. The summed E-state index contributed by atoms with van der Waals surface area (Å²) in [6, 6.07) is 9.12. The average molecular weight is 320 g/mol. The van der Waals surface area contributed by atoms with E-state index < -0.39 is 0 Å². The molecule has 2 saturated heterocycles. The summed E-state index contributed by atoms with van der Waals surface area (Å²) in [5.74, 6) is 1.85. The minimum atomic E-state index is 0.391. The lowest BCUT2D eigenvalue weighted by Gasteiger charge is -2.15. The van der Waals surface area contributed by atoms with Crippen LogP contribution in [0.1, 0.15) is 31.1 Å². The van der Waals surface area contributed by atoms with Crippen LogP contribution >= 0.6 is 15.9 Å². The molecule has 4 rings (SSSR count). The number of rotatable bonds is 2. The van der Waals surface area contributed by atoms with Gasteiger partial charge in [0.15, 0.2) is 0 Å². The molecule has 0 radical (unpaired) electrons. The monoisotopic (exact) mass is 319 g/mol. The third-order valence-corrected chi connectivity index (χ3v) is 4.87. The van der Waals surface area contributed by atoms with Crippen molar-refractivity contribution < 1.29 is 4.52 Å². The normalized spacial score (nSPS) is 29.0. The van der Waals surface area contributed by atoms with E-state index in [1.807, 2.05) is 24.3 Å². The van der Waals surface area contributed by atoms with Crippen LogP contribution < -0.4 is 5.32 Å². The Hall–Kier alpha value is -1.20. The van der Waals surface area contributed by atoms with Gasteiger partial charge in [-0.05, 0) is 31.4 Å². The Morgan fingerprint density at radius 1 is 1.26 bits per heavy atom. The van der Waals surface area contributed by atoms with E-state index in [2.05, 4.69) is 31.4 Å². The van der Waals surface area contributed by atoms with E-state index in [9.17, 15) is 0 Å². The number of benzene rings is 1. The van der Waals surface area contributed by atoms with Gasteiger partial charge in [-0.15, -0.1) is 0 Å². The van der Waals surface area contributed by atoms with Crippen LogP contribution in [-0.4, -0.2) is 22.2 Å². The topological polar surface area (TPSA) is 51.0 Å². The van der Waals surface area contributed by atoms with Gasteiger partial charge in [-0.25, -0.2) is 0 Å². The van der Waals surface area contributed by atoms with E-state index in [4.69, 9.17) is 4.52 Å². The number of fused-ring (bicyclic) bond motifs is 2. The van der Waals surface area contributed by atoms with Gasteiger partial charge in [-0.1, -0.05) is 33.2 Å². The van der Waals surface area contributed by atoms with Crippen LogP contribution in [0.15, 0.2) is 33.3 Å². The number of nitrogens with one attached hydrogen (secondary N) is 1. The number of halogens is 1. The zero-order valence-electron chi connectivity index (χ0n) is 10.3. The molecule has 0 aliphatic carbocycles. The SMILES string of the molecule is Brc1ccccc1-c1noc(C2CC3CCC2N3)n1. The molecule has 19 heavy (non-hydrogen) atoms. The molecular weight excluding hydrogens is 306 g/mol. The van der Waals surface area contributed by atoms with Gasteiger partial charge in [0.1, 0.15) is 0 Å². The van der Waals surface area contributed by atoms with Crippen LogP contribution in [0.2, 0.25) is 0 Å². The Labute approximate surface area is 119 Å². The number of hydrogen-bond donors (Lipinski definition) is 1. The summed E-state index contributed by atoms with van der Waals surface area (Å²) in [5.41, 5.74) is 0.980. The maximum atomic E-state index is 5.49. The molecule has 4 nitrogen and oxygen atoms in total. The second kappa shape index (κ2) is 4.42. The van der Waals surface area contributed by atoms with Crippen molar-refractivity contribution in [1.29, 1.82) is 0 Å². The molecule has 0 saturated carbocycles. The second-order valence-electron chi connectivity index (χ2n) is 5.33. The highest BCUT2D eigenvalue weighted by Crippen LogP contribution is 2.39. The molecule has 1 aromatic heterocycles. The number of hydrogen-bond acceptors (Lipinski definition) is 4. The Kier molecular flexibility index (Phi) is 2.70. The highest BCUT2D eigenvalue weighted by Gasteiger charge is 2.42. The zero-order valence-corrected chi connectivity index (χ0v) is 11.9.